The van der Waals surface area contributed by atoms with Crippen molar-refractivity contribution in [2.45, 2.75) is 43.8 Å². The van der Waals surface area contributed by atoms with Gasteiger partial charge in [0.25, 0.3) is 10.1 Å². The molecule has 2 aliphatic rings. The third-order valence-electron chi connectivity index (χ3n) is 5.47. The van der Waals surface area contributed by atoms with Crippen molar-refractivity contribution in [1.29, 1.82) is 0 Å². The van der Waals surface area contributed by atoms with Gasteiger partial charge in [0.15, 0.2) is 6.23 Å². The summed E-state index contributed by atoms with van der Waals surface area (Å²) < 4.78 is 46.8. The number of imidazole rings is 1. The van der Waals surface area contributed by atoms with Gasteiger partial charge in [0.05, 0.1) is 22.5 Å². The van der Waals surface area contributed by atoms with E-state index in [1.807, 2.05) is 24.5 Å². The molecule has 2 aromatic carbocycles. The van der Waals surface area contributed by atoms with Crippen LogP contribution in [-0.4, -0.2) is 36.8 Å². The summed E-state index contributed by atoms with van der Waals surface area (Å²) >= 11 is 7.23. The summed E-state index contributed by atoms with van der Waals surface area (Å²) in [7, 11) is -3.94. The summed E-state index contributed by atoms with van der Waals surface area (Å²) in [5.74, 6) is 0.728. The average molecular weight is 558 g/mol. The maximum absolute atomic E-state index is 12.8. The SMILES string of the molecule is Cc1ccc(S(=O)(=O)O[C@@H]2CO[C@H]3[C@@H]2OCc2nc4cc(Br)c(C)c(Br)c4n23)cc1. The van der Waals surface area contributed by atoms with Gasteiger partial charge in [-0.15, -0.1) is 0 Å². The Balaban J connectivity index is 1.49. The van der Waals surface area contributed by atoms with Crippen molar-refractivity contribution in [3.8, 4) is 0 Å². The Morgan fingerprint density at radius 2 is 1.90 bits per heavy atom. The highest BCUT2D eigenvalue weighted by Crippen LogP contribution is 2.41. The second-order valence-corrected chi connectivity index (χ2v) is 10.7. The number of halogens is 2. The van der Waals surface area contributed by atoms with E-state index < -0.39 is 28.6 Å². The molecule has 5 rings (SSSR count). The van der Waals surface area contributed by atoms with E-state index in [2.05, 4.69) is 36.8 Å². The molecule has 0 N–H and O–H groups in total. The molecule has 30 heavy (non-hydrogen) atoms. The predicted octanol–water partition coefficient (Wildman–Crippen LogP) is 4.38. The first-order valence-corrected chi connectivity index (χ1v) is 12.3. The van der Waals surface area contributed by atoms with Crippen molar-refractivity contribution < 1.29 is 22.1 Å². The van der Waals surface area contributed by atoms with Gasteiger partial charge in [-0.1, -0.05) is 33.6 Å². The minimum Gasteiger partial charge on any atom is -0.363 e. The van der Waals surface area contributed by atoms with Crippen LogP contribution in [0.4, 0.5) is 0 Å². The first kappa shape index (κ1) is 20.6. The largest absolute Gasteiger partial charge is 0.363 e. The predicted molar refractivity (Wildman–Crippen MR) is 117 cm³/mol. The van der Waals surface area contributed by atoms with E-state index in [-0.39, 0.29) is 18.1 Å². The molecule has 0 bridgehead atoms. The maximum atomic E-state index is 12.8. The lowest BCUT2D eigenvalue weighted by molar-refractivity contribution is -0.0934. The Bertz CT molecular complexity index is 1260. The van der Waals surface area contributed by atoms with Gasteiger partial charge in [-0.25, -0.2) is 4.98 Å². The fourth-order valence-corrected chi connectivity index (χ4v) is 6.22. The molecule has 0 saturated carbocycles. The maximum Gasteiger partial charge on any atom is 0.297 e. The lowest BCUT2D eigenvalue weighted by Crippen LogP contribution is -2.38. The van der Waals surface area contributed by atoms with Gasteiger partial charge in [0.1, 0.15) is 24.6 Å². The van der Waals surface area contributed by atoms with Crippen LogP contribution in [0.1, 0.15) is 23.2 Å². The second kappa shape index (κ2) is 7.39. The summed E-state index contributed by atoms with van der Waals surface area (Å²) in [4.78, 5) is 4.79. The van der Waals surface area contributed by atoms with Crippen molar-refractivity contribution in [1.82, 2.24) is 9.55 Å². The number of benzene rings is 2. The topological polar surface area (TPSA) is 79.7 Å². The van der Waals surface area contributed by atoms with Crippen molar-refractivity contribution in [3.05, 3.63) is 56.2 Å². The van der Waals surface area contributed by atoms with E-state index in [4.69, 9.17) is 13.7 Å². The number of fused-ring (bicyclic) bond motifs is 5. The zero-order chi connectivity index (χ0) is 21.2. The molecule has 10 heteroatoms. The van der Waals surface area contributed by atoms with Crippen molar-refractivity contribution in [2.75, 3.05) is 6.61 Å². The van der Waals surface area contributed by atoms with Gasteiger partial charge in [0, 0.05) is 8.95 Å². The van der Waals surface area contributed by atoms with Crippen LogP contribution in [0.5, 0.6) is 0 Å². The zero-order valence-electron chi connectivity index (χ0n) is 16.1. The number of aryl methyl sites for hydroxylation is 1. The molecule has 1 saturated heterocycles. The fraction of sp³-hybridized carbons (Fsp3) is 0.350. The molecular weight excluding hydrogens is 540 g/mol. The van der Waals surface area contributed by atoms with Crippen LogP contribution < -0.4 is 0 Å². The normalized spacial score (nSPS) is 23.5. The van der Waals surface area contributed by atoms with Crippen LogP contribution in [0.2, 0.25) is 0 Å². The minimum atomic E-state index is -3.94. The fourth-order valence-electron chi connectivity index (χ4n) is 3.86. The molecule has 3 aromatic rings. The lowest BCUT2D eigenvalue weighted by Gasteiger charge is -2.29. The standard InChI is InChI=1S/C20H18Br2N2O5S/c1-10-3-5-12(6-4-10)30(25,26)29-15-8-28-20-19(15)27-9-16-23-14-7-13(21)11(2)17(22)18(14)24(16)20/h3-7,15,19-20H,8-9H2,1-2H3/t15-,19-,20+/m1/s1. The van der Waals surface area contributed by atoms with E-state index >= 15 is 0 Å². The summed E-state index contributed by atoms with van der Waals surface area (Å²) in [6.45, 7) is 4.24. The van der Waals surface area contributed by atoms with Crippen LogP contribution in [0, 0.1) is 13.8 Å². The average Bonchev–Trinajstić information content (AvgIpc) is 3.27. The highest BCUT2D eigenvalue weighted by atomic mass is 79.9. The van der Waals surface area contributed by atoms with Gasteiger partial charge < -0.3 is 9.47 Å². The molecule has 1 fully saturated rings. The monoisotopic (exact) mass is 556 g/mol. The summed E-state index contributed by atoms with van der Waals surface area (Å²) in [5.41, 5.74) is 3.71. The van der Waals surface area contributed by atoms with Gasteiger partial charge in [-0.05, 0) is 53.5 Å². The number of ether oxygens (including phenoxy) is 2. The van der Waals surface area contributed by atoms with Crippen molar-refractivity contribution >= 4 is 53.0 Å². The number of aromatic nitrogens is 2. The van der Waals surface area contributed by atoms with Gasteiger partial charge in [0.2, 0.25) is 0 Å². The van der Waals surface area contributed by atoms with E-state index in [0.717, 1.165) is 36.9 Å². The Labute approximate surface area is 190 Å². The molecule has 0 aliphatic carbocycles. The molecule has 1 aromatic heterocycles. The third-order valence-corrected chi connectivity index (χ3v) is 8.61. The lowest BCUT2D eigenvalue weighted by atomic mass is 10.2. The Morgan fingerprint density at radius 3 is 2.63 bits per heavy atom. The molecule has 3 heterocycles. The van der Waals surface area contributed by atoms with Gasteiger partial charge >= 0.3 is 0 Å². The minimum absolute atomic E-state index is 0.104. The Kier molecular flexibility index (Phi) is 5.07. The molecule has 0 amide bonds. The molecule has 0 unspecified atom stereocenters. The molecule has 0 radical (unpaired) electrons. The summed E-state index contributed by atoms with van der Waals surface area (Å²) in [5, 5.41) is 0. The third kappa shape index (κ3) is 3.25. The van der Waals surface area contributed by atoms with Crippen molar-refractivity contribution in [3.63, 3.8) is 0 Å². The number of rotatable bonds is 3. The first-order chi connectivity index (χ1) is 14.3. The quantitative estimate of drug-likeness (QED) is 0.445. The highest BCUT2D eigenvalue weighted by Gasteiger charge is 2.47. The summed E-state index contributed by atoms with van der Waals surface area (Å²) in [6, 6.07) is 8.52. The summed E-state index contributed by atoms with van der Waals surface area (Å²) in [6.07, 6.45) is -1.83. The zero-order valence-corrected chi connectivity index (χ0v) is 20.1. The van der Waals surface area contributed by atoms with E-state index in [0.29, 0.717) is 0 Å². The van der Waals surface area contributed by atoms with Crippen LogP contribution >= 0.6 is 31.9 Å². The second-order valence-electron chi connectivity index (χ2n) is 7.46. The van der Waals surface area contributed by atoms with Crippen LogP contribution in [0.15, 0.2) is 44.2 Å². The van der Waals surface area contributed by atoms with Crippen LogP contribution in [-0.2, 0) is 30.4 Å². The van der Waals surface area contributed by atoms with E-state index in [1.54, 1.807) is 24.3 Å². The molecular formula is C20H18Br2N2O5S. The molecule has 7 nitrogen and oxygen atoms in total. The molecule has 3 atom stereocenters. The van der Waals surface area contributed by atoms with Crippen LogP contribution in [0.3, 0.4) is 0 Å². The molecule has 158 valence electrons. The number of hydrogen-bond acceptors (Lipinski definition) is 6. The molecule has 0 spiro atoms. The first-order valence-electron chi connectivity index (χ1n) is 9.35. The van der Waals surface area contributed by atoms with Gasteiger partial charge in [-0.2, -0.15) is 8.42 Å². The highest BCUT2D eigenvalue weighted by molar-refractivity contribution is 9.11. The van der Waals surface area contributed by atoms with Crippen molar-refractivity contribution in [2.24, 2.45) is 0 Å². The Morgan fingerprint density at radius 1 is 1.17 bits per heavy atom. The molecule has 2 aliphatic heterocycles. The number of nitrogens with zero attached hydrogens (tertiary/aromatic N) is 2. The van der Waals surface area contributed by atoms with E-state index in [1.165, 1.54) is 0 Å². The smallest absolute Gasteiger partial charge is 0.297 e. The Hall–Kier alpha value is -1.30. The number of hydrogen-bond donors (Lipinski definition) is 0. The van der Waals surface area contributed by atoms with Gasteiger partial charge in [-0.3, -0.25) is 8.75 Å². The van der Waals surface area contributed by atoms with E-state index in [9.17, 15) is 8.42 Å². The van der Waals surface area contributed by atoms with Crippen LogP contribution in [0.25, 0.3) is 11.0 Å².